The van der Waals surface area contributed by atoms with E-state index in [2.05, 4.69) is 6.92 Å². The summed E-state index contributed by atoms with van der Waals surface area (Å²) in [4.78, 5) is 14.0. The summed E-state index contributed by atoms with van der Waals surface area (Å²) in [7, 11) is 1.85. The van der Waals surface area contributed by atoms with Gasteiger partial charge in [-0.15, -0.1) is 0 Å². The fraction of sp³-hybridized carbons (Fsp3) is 0.316. The van der Waals surface area contributed by atoms with E-state index in [1.165, 1.54) is 0 Å². The lowest BCUT2D eigenvalue weighted by atomic mass is 10.1. The highest BCUT2D eigenvalue weighted by molar-refractivity contribution is 5.94. The number of hydrogen-bond acceptors (Lipinski definition) is 2. The van der Waals surface area contributed by atoms with E-state index in [9.17, 15) is 4.79 Å². The highest BCUT2D eigenvalue weighted by Gasteiger charge is 2.10. The van der Waals surface area contributed by atoms with E-state index >= 15 is 0 Å². The second-order valence-electron chi connectivity index (χ2n) is 5.38. The zero-order chi connectivity index (χ0) is 15.8. The fourth-order valence-corrected chi connectivity index (χ4v) is 2.14. The summed E-state index contributed by atoms with van der Waals surface area (Å²) in [6.07, 6.45) is 2.12. The molecule has 3 nitrogen and oxygen atoms in total. The lowest BCUT2D eigenvalue weighted by Gasteiger charge is -2.16. The van der Waals surface area contributed by atoms with E-state index in [0.29, 0.717) is 6.61 Å². The maximum atomic E-state index is 12.2. The van der Waals surface area contributed by atoms with Gasteiger partial charge in [0, 0.05) is 19.2 Å². The summed E-state index contributed by atoms with van der Waals surface area (Å²) in [6, 6.07) is 17.4. The second kappa shape index (κ2) is 8.23. The Hall–Kier alpha value is -2.29. The van der Waals surface area contributed by atoms with Crippen LogP contribution in [0.5, 0.6) is 5.75 Å². The molecule has 0 aliphatic heterocycles. The Balaban J connectivity index is 1.91. The molecule has 0 N–H and O–H groups in total. The van der Waals surface area contributed by atoms with E-state index in [4.69, 9.17) is 4.74 Å². The molecule has 0 aliphatic carbocycles. The topological polar surface area (TPSA) is 29.5 Å². The molecule has 2 aromatic rings. The summed E-state index contributed by atoms with van der Waals surface area (Å²) < 4.78 is 5.70. The molecule has 0 bridgehead atoms. The number of nitrogens with zero attached hydrogens (tertiary/aromatic N) is 1. The van der Waals surface area contributed by atoms with Crippen molar-refractivity contribution in [2.24, 2.45) is 0 Å². The minimum Gasteiger partial charge on any atom is -0.489 e. The SMILES string of the molecule is CCCCN(C)C(=O)c1ccc(COc2ccccc2)cc1. The zero-order valence-corrected chi connectivity index (χ0v) is 13.3. The third-order valence-electron chi connectivity index (χ3n) is 3.54. The quantitative estimate of drug-likeness (QED) is 0.768. The number of ether oxygens (including phenoxy) is 1. The molecule has 0 aliphatic rings. The number of benzene rings is 2. The molecule has 2 rings (SSSR count). The number of para-hydroxylation sites is 1. The molecule has 1 amide bonds. The Morgan fingerprint density at radius 1 is 1.05 bits per heavy atom. The molecule has 116 valence electrons. The monoisotopic (exact) mass is 297 g/mol. The van der Waals surface area contributed by atoms with Crippen LogP contribution in [-0.2, 0) is 6.61 Å². The van der Waals surface area contributed by atoms with Gasteiger partial charge >= 0.3 is 0 Å². The van der Waals surface area contributed by atoms with E-state index in [-0.39, 0.29) is 5.91 Å². The van der Waals surface area contributed by atoms with Crippen LogP contribution >= 0.6 is 0 Å². The summed E-state index contributed by atoms with van der Waals surface area (Å²) in [5, 5.41) is 0. The average Bonchev–Trinajstić information content (AvgIpc) is 2.58. The highest BCUT2D eigenvalue weighted by Crippen LogP contribution is 2.13. The Kier molecular flexibility index (Phi) is 6.01. The van der Waals surface area contributed by atoms with Gasteiger partial charge in [-0.05, 0) is 36.2 Å². The minimum atomic E-state index is 0.0731. The predicted molar refractivity (Wildman–Crippen MR) is 89.1 cm³/mol. The molecule has 0 saturated heterocycles. The van der Waals surface area contributed by atoms with Crippen LogP contribution < -0.4 is 4.74 Å². The van der Waals surface area contributed by atoms with Gasteiger partial charge in [-0.1, -0.05) is 43.7 Å². The molecular formula is C19H23NO2. The maximum absolute atomic E-state index is 12.2. The summed E-state index contributed by atoms with van der Waals surface area (Å²) in [6.45, 7) is 3.43. The van der Waals surface area contributed by atoms with Crippen molar-refractivity contribution in [1.29, 1.82) is 0 Å². The minimum absolute atomic E-state index is 0.0731. The van der Waals surface area contributed by atoms with Gasteiger partial charge in [-0.2, -0.15) is 0 Å². The van der Waals surface area contributed by atoms with Gasteiger partial charge in [0.2, 0.25) is 0 Å². The highest BCUT2D eigenvalue weighted by atomic mass is 16.5. The molecule has 0 radical (unpaired) electrons. The molecule has 0 saturated carbocycles. The average molecular weight is 297 g/mol. The zero-order valence-electron chi connectivity index (χ0n) is 13.3. The second-order valence-corrected chi connectivity index (χ2v) is 5.38. The first-order valence-electron chi connectivity index (χ1n) is 7.73. The lowest BCUT2D eigenvalue weighted by Crippen LogP contribution is -2.27. The molecule has 0 unspecified atom stereocenters. The van der Waals surface area contributed by atoms with Crippen molar-refractivity contribution >= 4 is 5.91 Å². The lowest BCUT2D eigenvalue weighted by molar-refractivity contribution is 0.0793. The van der Waals surface area contributed by atoms with Crippen molar-refractivity contribution < 1.29 is 9.53 Å². The van der Waals surface area contributed by atoms with Gasteiger partial charge < -0.3 is 9.64 Å². The first-order valence-corrected chi connectivity index (χ1v) is 7.73. The molecule has 0 aromatic heterocycles. The predicted octanol–water partition coefficient (Wildman–Crippen LogP) is 4.14. The van der Waals surface area contributed by atoms with Crippen LogP contribution in [0, 0.1) is 0 Å². The number of rotatable bonds is 7. The van der Waals surface area contributed by atoms with E-state index in [1.54, 1.807) is 4.90 Å². The molecule has 0 fully saturated rings. The molecule has 0 spiro atoms. The van der Waals surface area contributed by atoms with Crippen LogP contribution in [0.3, 0.4) is 0 Å². The van der Waals surface area contributed by atoms with Crippen LogP contribution in [0.25, 0.3) is 0 Å². The normalized spacial score (nSPS) is 10.3. The first-order chi connectivity index (χ1) is 10.7. The van der Waals surface area contributed by atoms with Gasteiger partial charge in [-0.25, -0.2) is 0 Å². The summed E-state index contributed by atoms with van der Waals surface area (Å²) in [5.41, 5.74) is 1.78. The van der Waals surface area contributed by atoms with Crippen molar-refractivity contribution in [3.63, 3.8) is 0 Å². The first kappa shape index (κ1) is 16.1. The molecular weight excluding hydrogens is 274 g/mol. The summed E-state index contributed by atoms with van der Waals surface area (Å²) >= 11 is 0. The van der Waals surface area contributed by atoms with Crippen LogP contribution in [0.4, 0.5) is 0 Å². The van der Waals surface area contributed by atoms with Crippen LogP contribution in [0.1, 0.15) is 35.7 Å². The largest absolute Gasteiger partial charge is 0.489 e. The Bertz CT molecular complexity index is 578. The van der Waals surface area contributed by atoms with Gasteiger partial charge in [0.1, 0.15) is 12.4 Å². The summed E-state index contributed by atoms with van der Waals surface area (Å²) in [5.74, 6) is 0.922. The Labute approximate surface area is 132 Å². The van der Waals surface area contributed by atoms with E-state index in [1.807, 2.05) is 61.6 Å². The Morgan fingerprint density at radius 3 is 2.36 bits per heavy atom. The smallest absolute Gasteiger partial charge is 0.253 e. The molecule has 0 atom stereocenters. The maximum Gasteiger partial charge on any atom is 0.253 e. The van der Waals surface area contributed by atoms with Crippen molar-refractivity contribution in [2.75, 3.05) is 13.6 Å². The molecule has 2 aromatic carbocycles. The number of unbranched alkanes of at least 4 members (excludes halogenated alkanes) is 1. The van der Waals surface area contributed by atoms with Gasteiger partial charge in [0.25, 0.3) is 5.91 Å². The standard InChI is InChI=1S/C19H23NO2/c1-3-4-14-20(2)19(21)17-12-10-16(11-13-17)15-22-18-8-6-5-7-9-18/h5-13H,3-4,14-15H2,1-2H3. The third kappa shape index (κ3) is 4.62. The fourth-order valence-electron chi connectivity index (χ4n) is 2.14. The van der Waals surface area contributed by atoms with Gasteiger partial charge in [0.15, 0.2) is 0 Å². The van der Waals surface area contributed by atoms with Crippen molar-refractivity contribution in [3.05, 3.63) is 65.7 Å². The number of carbonyl (C=O) groups is 1. The Morgan fingerprint density at radius 2 is 1.73 bits per heavy atom. The number of amides is 1. The van der Waals surface area contributed by atoms with E-state index < -0.39 is 0 Å². The van der Waals surface area contributed by atoms with Crippen LogP contribution in [-0.4, -0.2) is 24.4 Å². The number of hydrogen-bond donors (Lipinski definition) is 0. The van der Waals surface area contributed by atoms with Gasteiger partial charge in [0.05, 0.1) is 0 Å². The number of carbonyl (C=O) groups excluding carboxylic acids is 1. The van der Waals surface area contributed by atoms with Crippen LogP contribution in [0.2, 0.25) is 0 Å². The van der Waals surface area contributed by atoms with Crippen molar-refractivity contribution in [1.82, 2.24) is 4.90 Å². The van der Waals surface area contributed by atoms with Crippen LogP contribution in [0.15, 0.2) is 54.6 Å². The van der Waals surface area contributed by atoms with Crippen molar-refractivity contribution in [3.8, 4) is 5.75 Å². The van der Waals surface area contributed by atoms with E-state index in [0.717, 1.165) is 36.3 Å². The van der Waals surface area contributed by atoms with Crippen molar-refractivity contribution in [2.45, 2.75) is 26.4 Å². The molecule has 0 heterocycles. The third-order valence-corrected chi connectivity index (χ3v) is 3.54. The molecule has 22 heavy (non-hydrogen) atoms. The van der Waals surface area contributed by atoms with Gasteiger partial charge in [-0.3, -0.25) is 4.79 Å². The molecule has 3 heteroatoms.